The van der Waals surface area contributed by atoms with Crippen LogP contribution in [0.1, 0.15) is 35.5 Å². The van der Waals surface area contributed by atoms with E-state index >= 15 is 0 Å². The van der Waals surface area contributed by atoms with Gasteiger partial charge >= 0.3 is 12.1 Å². The first-order valence-corrected chi connectivity index (χ1v) is 12.8. The zero-order chi connectivity index (χ0) is 29.1. The van der Waals surface area contributed by atoms with Crippen molar-refractivity contribution in [2.24, 2.45) is 11.8 Å². The average Bonchev–Trinajstić information content (AvgIpc) is 3.63. The molecule has 1 aromatic heterocycles. The van der Waals surface area contributed by atoms with Crippen LogP contribution in [0, 0.1) is 11.8 Å². The molecule has 0 aliphatic heterocycles. The number of rotatable bonds is 7. The van der Waals surface area contributed by atoms with Gasteiger partial charge in [-0.3, -0.25) is 14.4 Å². The minimum atomic E-state index is -4.92. The lowest BCUT2D eigenvalue weighted by Crippen LogP contribution is -2.29. The average molecular weight is 564 g/mol. The normalized spacial score (nSPS) is 16.8. The standard InChI is InChI=1S/C30H24F3N3O5/c31-30(32,33)25-24(36-28(41-25)19-5-2-1-3-6-19)27(38)35-21-15-11-18(12-16-21)17-9-13-20(14-10-17)34-26(37)22-7-4-8-23(22)29(39)40/h1-3,5-6,9-16,22-23H,4,7-8H2,(H,34,37)(H,35,38)(H,39,40)/t22-,23-/m0/s1. The third-order valence-electron chi connectivity index (χ3n) is 6.92. The fourth-order valence-corrected chi connectivity index (χ4v) is 4.86. The van der Waals surface area contributed by atoms with Crippen LogP contribution in [0.25, 0.3) is 22.6 Å². The number of alkyl halides is 3. The molecule has 2 atom stereocenters. The van der Waals surface area contributed by atoms with Crippen LogP contribution >= 0.6 is 0 Å². The molecule has 1 heterocycles. The van der Waals surface area contributed by atoms with E-state index in [9.17, 15) is 32.7 Å². The highest BCUT2D eigenvalue weighted by Gasteiger charge is 2.42. The Morgan fingerprint density at radius 3 is 1.90 bits per heavy atom. The molecule has 4 aromatic rings. The van der Waals surface area contributed by atoms with E-state index in [1.54, 1.807) is 66.7 Å². The Labute approximate surface area is 232 Å². The van der Waals surface area contributed by atoms with Crippen molar-refractivity contribution in [3.8, 4) is 22.6 Å². The molecule has 0 unspecified atom stereocenters. The summed E-state index contributed by atoms with van der Waals surface area (Å²) in [6.07, 6.45) is -3.20. The maximum atomic E-state index is 13.6. The van der Waals surface area contributed by atoms with Crippen LogP contribution in [0.5, 0.6) is 0 Å². The first-order valence-electron chi connectivity index (χ1n) is 12.8. The molecule has 11 heteroatoms. The van der Waals surface area contributed by atoms with Gasteiger partial charge in [0.1, 0.15) is 0 Å². The van der Waals surface area contributed by atoms with Gasteiger partial charge < -0.3 is 20.2 Å². The van der Waals surface area contributed by atoms with E-state index in [1.165, 1.54) is 12.1 Å². The number of hydrogen-bond donors (Lipinski definition) is 3. The molecule has 0 radical (unpaired) electrons. The third kappa shape index (κ3) is 6.13. The van der Waals surface area contributed by atoms with E-state index in [-0.39, 0.29) is 17.5 Å². The monoisotopic (exact) mass is 563 g/mol. The highest BCUT2D eigenvalue weighted by Crippen LogP contribution is 2.36. The lowest BCUT2D eigenvalue weighted by Gasteiger charge is -2.15. The number of carboxylic acids is 1. The van der Waals surface area contributed by atoms with Gasteiger partial charge in [0, 0.05) is 16.9 Å². The summed E-state index contributed by atoms with van der Waals surface area (Å²) in [7, 11) is 0. The van der Waals surface area contributed by atoms with Gasteiger partial charge in [0.25, 0.3) is 5.91 Å². The number of hydrogen-bond acceptors (Lipinski definition) is 5. The number of oxazole rings is 1. The van der Waals surface area contributed by atoms with Crippen molar-refractivity contribution in [2.45, 2.75) is 25.4 Å². The molecule has 3 N–H and O–H groups in total. The van der Waals surface area contributed by atoms with Gasteiger partial charge in [0.15, 0.2) is 5.69 Å². The summed E-state index contributed by atoms with van der Waals surface area (Å²) in [6.45, 7) is 0. The van der Waals surface area contributed by atoms with E-state index in [4.69, 9.17) is 4.42 Å². The Morgan fingerprint density at radius 2 is 1.34 bits per heavy atom. The van der Waals surface area contributed by atoms with Crippen LogP contribution in [0.3, 0.4) is 0 Å². The molecule has 210 valence electrons. The Kier molecular flexibility index (Phi) is 7.60. The van der Waals surface area contributed by atoms with E-state index < -0.39 is 41.3 Å². The summed E-state index contributed by atoms with van der Waals surface area (Å²) < 4.78 is 45.7. The van der Waals surface area contributed by atoms with Crippen LogP contribution < -0.4 is 10.6 Å². The van der Waals surface area contributed by atoms with Crippen LogP contribution in [-0.2, 0) is 15.8 Å². The van der Waals surface area contributed by atoms with Gasteiger partial charge in [-0.25, -0.2) is 4.98 Å². The molecule has 1 aliphatic rings. The van der Waals surface area contributed by atoms with E-state index in [0.717, 1.165) is 11.1 Å². The minimum absolute atomic E-state index is 0.254. The number of carbonyl (C=O) groups excluding carboxylic acids is 2. The highest BCUT2D eigenvalue weighted by molar-refractivity contribution is 6.04. The molecule has 0 saturated heterocycles. The maximum absolute atomic E-state index is 13.6. The van der Waals surface area contributed by atoms with Crippen LogP contribution in [-0.4, -0.2) is 27.9 Å². The fourth-order valence-electron chi connectivity index (χ4n) is 4.86. The number of aromatic nitrogens is 1. The predicted molar refractivity (Wildman–Crippen MR) is 144 cm³/mol. The number of nitrogens with one attached hydrogen (secondary N) is 2. The molecule has 1 saturated carbocycles. The second-order valence-electron chi connectivity index (χ2n) is 9.64. The zero-order valence-electron chi connectivity index (χ0n) is 21.4. The number of carbonyl (C=O) groups is 3. The first-order chi connectivity index (χ1) is 19.6. The number of anilines is 2. The number of aliphatic carboxylic acids is 1. The van der Waals surface area contributed by atoms with Crippen molar-refractivity contribution in [3.05, 3.63) is 90.3 Å². The van der Waals surface area contributed by atoms with Crippen molar-refractivity contribution >= 4 is 29.2 Å². The van der Waals surface area contributed by atoms with Gasteiger partial charge in [0.05, 0.1) is 11.8 Å². The quantitative estimate of drug-likeness (QED) is 0.230. The highest BCUT2D eigenvalue weighted by atomic mass is 19.4. The van der Waals surface area contributed by atoms with Crippen molar-refractivity contribution in [1.29, 1.82) is 0 Å². The molecule has 1 fully saturated rings. The summed E-state index contributed by atoms with van der Waals surface area (Å²) in [5.41, 5.74) is 1.76. The predicted octanol–water partition coefficient (Wildman–Crippen LogP) is 6.72. The van der Waals surface area contributed by atoms with E-state index in [2.05, 4.69) is 15.6 Å². The number of carboxylic acid groups (broad SMARTS) is 1. The molecule has 0 spiro atoms. The van der Waals surface area contributed by atoms with Gasteiger partial charge in [-0.2, -0.15) is 13.2 Å². The Bertz CT molecular complexity index is 1570. The molecular formula is C30H24F3N3O5. The lowest BCUT2D eigenvalue weighted by atomic mass is 9.95. The SMILES string of the molecule is O=C(Nc1ccc(-c2ccc(NC(=O)[C@H]3CCC[C@@H]3C(=O)O)cc2)cc1)c1nc(-c2ccccc2)oc1C(F)(F)F. The van der Waals surface area contributed by atoms with Crippen molar-refractivity contribution < 1.29 is 37.1 Å². The van der Waals surface area contributed by atoms with Crippen molar-refractivity contribution in [3.63, 3.8) is 0 Å². The molecule has 3 aromatic carbocycles. The third-order valence-corrected chi connectivity index (χ3v) is 6.92. The summed E-state index contributed by atoms with van der Waals surface area (Å²) >= 11 is 0. The lowest BCUT2D eigenvalue weighted by molar-refractivity contribution is -0.153. The largest absolute Gasteiger partial charge is 0.481 e. The summed E-state index contributed by atoms with van der Waals surface area (Å²) in [5.74, 6) is -5.39. The van der Waals surface area contributed by atoms with Gasteiger partial charge in [-0.05, 0) is 60.4 Å². The second-order valence-corrected chi connectivity index (χ2v) is 9.64. The topological polar surface area (TPSA) is 122 Å². The number of halogens is 3. The van der Waals surface area contributed by atoms with Gasteiger partial charge in [-0.15, -0.1) is 0 Å². The first kappa shape index (κ1) is 27.6. The summed E-state index contributed by atoms with van der Waals surface area (Å²) in [6, 6.07) is 21.3. The molecule has 8 nitrogen and oxygen atoms in total. The Hall–Kier alpha value is -4.93. The fraction of sp³-hybridized carbons (Fsp3) is 0.200. The molecule has 41 heavy (non-hydrogen) atoms. The minimum Gasteiger partial charge on any atom is -0.481 e. The van der Waals surface area contributed by atoms with Crippen LogP contribution in [0.2, 0.25) is 0 Å². The second kappa shape index (κ2) is 11.3. The summed E-state index contributed by atoms with van der Waals surface area (Å²) in [4.78, 5) is 40.5. The molecular weight excluding hydrogens is 539 g/mol. The Morgan fingerprint density at radius 1 is 0.780 bits per heavy atom. The summed E-state index contributed by atoms with van der Waals surface area (Å²) in [5, 5.41) is 14.5. The van der Waals surface area contributed by atoms with Crippen molar-refractivity contribution in [2.75, 3.05) is 10.6 Å². The van der Waals surface area contributed by atoms with Crippen LogP contribution in [0.4, 0.5) is 24.5 Å². The molecule has 5 rings (SSSR count). The van der Waals surface area contributed by atoms with E-state index in [0.29, 0.717) is 30.5 Å². The van der Waals surface area contributed by atoms with E-state index in [1.807, 2.05) is 0 Å². The number of nitrogens with zero attached hydrogens (tertiary/aromatic N) is 1. The Balaban J connectivity index is 1.26. The molecule has 2 amide bonds. The number of benzene rings is 3. The van der Waals surface area contributed by atoms with Crippen molar-refractivity contribution in [1.82, 2.24) is 4.98 Å². The van der Waals surface area contributed by atoms with Gasteiger partial charge in [-0.1, -0.05) is 48.9 Å². The van der Waals surface area contributed by atoms with Gasteiger partial charge in [0.2, 0.25) is 17.6 Å². The molecule has 0 bridgehead atoms. The number of amides is 2. The molecule has 1 aliphatic carbocycles. The smallest absolute Gasteiger partial charge is 0.452 e. The zero-order valence-corrected chi connectivity index (χ0v) is 21.4. The van der Waals surface area contributed by atoms with Crippen LogP contribution in [0.15, 0.2) is 83.3 Å². The maximum Gasteiger partial charge on any atom is 0.452 e.